The zero-order chi connectivity index (χ0) is 15.4. The van der Waals surface area contributed by atoms with Gasteiger partial charge in [-0.25, -0.2) is 4.39 Å². The predicted molar refractivity (Wildman–Crippen MR) is 84.1 cm³/mol. The molecule has 0 heterocycles. The summed E-state index contributed by atoms with van der Waals surface area (Å²) in [6.07, 6.45) is 2.99. The van der Waals surface area contributed by atoms with Crippen molar-refractivity contribution in [2.45, 2.75) is 20.8 Å². The van der Waals surface area contributed by atoms with Crippen molar-refractivity contribution in [3.63, 3.8) is 0 Å². The van der Waals surface area contributed by atoms with Crippen LogP contribution in [-0.4, -0.2) is 5.78 Å². The van der Waals surface area contributed by atoms with Gasteiger partial charge in [-0.3, -0.25) is 4.79 Å². The van der Waals surface area contributed by atoms with Crippen molar-refractivity contribution in [1.29, 1.82) is 0 Å². The van der Waals surface area contributed by atoms with Gasteiger partial charge in [0, 0.05) is 29.1 Å². The lowest BCUT2D eigenvalue weighted by Gasteiger charge is -2.06. The molecule has 2 aromatic rings. The van der Waals surface area contributed by atoms with E-state index in [2.05, 4.69) is 5.32 Å². The molecule has 0 aliphatic carbocycles. The van der Waals surface area contributed by atoms with Crippen molar-refractivity contribution in [3.05, 3.63) is 76.7 Å². The molecular formula is C18H18FNO. The van der Waals surface area contributed by atoms with Crippen LogP contribution in [0.1, 0.15) is 27.0 Å². The molecule has 2 rings (SSSR count). The van der Waals surface area contributed by atoms with Crippen LogP contribution in [0.25, 0.3) is 0 Å². The Hall–Kier alpha value is -2.42. The number of allylic oxidation sites excluding steroid dienone is 1. The quantitative estimate of drug-likeness (QED) is 0.658. The second kappa shape index (κ2) is 6.35. The first kappa shape index (κ1) is 15.0. The maximum Gasteiger partial charge on any atom is 0.187 e. The van der Waals surface area contributed by atoms with Crippen LogP contribution in [-0.2, 0) is 0 Å². The van der Waals surface area contributed by atoms with E-state index in [1.165, 1.54) is 12.1 Å². The van der Waals surface area contributed by atoms with Gasteiger partial charge in [0.05, 0.1) is 0 Å². The van der Waals surface area contributed by atoms with E-state index in [9.17, 15) is 9.18 Å². The number of ketones is 1. The minimum absolute atomic E-state index is 0.0837. The minimum Gasteiger partial charge on any atom is -0.361 e. The average Bonchev–Trinajstić information content (AvgIpc) is 2.46. The minimum atomic E-state index is -0.270. The monoisotopic (exact) mass is 283 g/mol. The van der Waals surface area contributed by atoms with Crippen LogP contribution in [0.3, 0.4) is 0 Å². The van der Waals surface area contributed by atoms with Crippen molar-refractivity contribution < 1.29 is 9.18 Å². The molecule has 0 aromatic heterocycles. The maximum absolute atomic E-state index is 13.4. The summed E-state index contributed by atoms with van der Waals surface area (Å²) < 4.78 is 13.4. The lowest BCUT2D eigenvalue weighted by atomic mass is 10.0. The smallest absolute Gasteiger partial charge is 0.187 e. The molecule has 1 N–H and O–H groups in total. The van der Waals surface area contributed by atoms with Crippen molar-refractivity contribution >= 4 is 11.5 Å². The predicted octanol–water partition coefficient (Wildman–Crippen LogP) is 4.56. The van der Waals surface area contributed by atoms with Crippen LogP contribution < -0.4 is 5.32 Å². The van der Waals surface area contributed by atoms with Gasteiger partial charge in [-0.15, -0.1) is 0 Å². The Morgan fingerprint density at radius 3 is 2.57 bits per heavy atom. The third-order valence-electron chi connectivity index (χ3n) is 3.53. The van der Waals surface area contributed by atoms with E-state index >= 15 is 0 Å². The summed E-state index contributed by atoms with van der Waals surface area (Å²) in [5.41, 5.74) is 4.07. The largest absolute Gasteiger partial charge is 0.361 e. The summed E-state index contributed by atoms with van der Waals surface area (Å²) in [7, 11) is 0. The van der Waals surface area contributed by atoms with Crippen molar-refractivity contribution in [2.24, 2.45) is 0 Å². The van der Waals surface area contributed by atoms with Gasteiger partial charge in [0.25, 0.3) is 0 Å². The van der Waals surface area contributed by atoms with Crippen LogP contribution in [0.15, 0.2) is 48.7 Å². The van der Waals surface area contributed by atoms with E-state index in [1.807, 2.05) is 32.0 Å². The number of aryl methyl sites for hydroxylation is 2. The summed E-state index contributed by atoms with van der Waals surface area (Å²) in [6.45, 7) is 5.68. The van der Waals surface area contributed by atoms with Crippen LogP contribution >= 0.6 is 0 Å². The highest BCUT2D eigenvalue weighted by molar-refractivity contribution is 6.04. The van der Waals surface area contributed by atoms with Gasteiger partial charge in [0.15, 0.2) is 5.78 Å². The standard InChI is InChI=1S/C18H18FNO/c1-12-7-8-15(11-13(12)2)18(21)9-10-20-17-6-4-5-16(19)14(17)3/h4-11,20H,1-3H3/b10-9+. The van der Waals surface area contributed by atoms with Gasteiger partial charge < -0.3 is 5.32 Å². The third-order valence-corrected chi connectivity index (χ3v) is 3.53. The molecule has 0 atom stereocenters. The fourth-order valence-electron chi connectivity index (χ4n) is 1.96. The molecule has 108 valence electrons. The summed E-state index contributed by atoms with van der Waals surface area (Å²) >= 11 is 0. The first-order chi connectivity index (χ1) is 9.99. The van der Waals surface area contributed by atoms with Crippen LogP contribution in [0.5, 0.6) is 0 Å². The Kier molecular flexibility index (Phi) is 4.53. The lowest BCUT2D eigenvalue weighted by Crippen LogP contribution is -1.98. The first-order valence-electron chi connectivity index (χ1n) is 6.79. The highest BCUT2D eigenvalue weighted by Crippen LogP contribution is 2.17. The topological polar surface area (TPSA) is 29.1 Å². The normalized spacial score (nSPS) is 10.9. The second-order valence-corrected chi connectivity index (χ2v) is 5.05. The number of anilines is 1. The van der Waals surface area contributed by atoms with E-state index in [4.69, 9.17) is 0 Å². The molecule has 0 bridgehead atoms. The molecule has 3 heteroatoms. The molecule has 0 spiro atoms. The van der Waals surface area contributed by atoms with Gasteiger partial charge in [-0.1, -0.05) is 18.2 Å². The molecule has 0 aliphatic heterocycles. The molecule has 0 saturated carbocycles. The molecule has 0 fully saturated rings. The highest BCUT2D eigenvalue weighted by atomic mass is 19.1. The maximum atomic E-state index is 13.4. The number of benzene rings is 2. The lowest BCUT2D eigenvalue weighted by molar-refractivity contribution is 0.104. The third kappa shape index (κ3) is 3.57. The molecule has 2 nitrogen and oxygen atoms in total. The summed E-state index contributed by atoms with van der Waals surface area (Å²) in [5.74, 6) is -0.353. The molecule has 0 aliphatic rings. The van der Waals surface area contributed by atoms with Crippen molar-refractivity contribution in [1.82, 2.24) is 0 Å². The number of hydrogen-bond donors (Lipinski definition) is 1. The van der Waals surface area contributed by atoms with E-state index < -0.39 is 0 Å². The Morgan fingerprint density at radius 1 is 1.10 bits per heavy atom. The van der Waals surface area contributed by atoms with Gasteiger partial charge in [0.1, 0.15) is 5.82 Å². The van der Waals surface area contributed by atoms with E-state index in [1.54, 1.807) is 25.3 Å². The number of halogens is 1. The van der Waals surface area contributed by atoms with Gasteiger partial charge in [-0.05, 0) is 50.1 Å². The molecule has 2 aromatic carbocycles. The molecule has 0 amide bonds. The zero-order valence-corrected chi connectivity index (χ0v) is 12.4. The Morgan fingerprint density at radius 2 is 1.86 bits per heavy atom. The fourth-order valence-corrected chi connectivity index (χ4v) is 1.96. The van der Waals surface area contributed by atoms with Gasteiger partial charge in [-0.2, -0.15) is 0 Å². The SMILES string of the molecule is Cc1ccc(C(=O)/C=C/Nc2cccc(F)c2C)cc1C. The van der Waals surface area contributed by atoms with Crippen LogP contribution in [0.2, 0.25) is 0 Å². The number of nitrogens with one attached hydrogen (secondary N) is 1. The van der Waals surface area contributed by atoms with E-state index in [-0.39, 0.29) is 11.6 Å². The number of rotatable bonds is 4. The molecule has 21 heavy (non-hydrogen) atoms. The Labute approximate surface area is 124 Å². The van der Waals surface area contributed by atoms with Crippen LogP contribution in [0, 0.1) is 26.6 Å². The average molecular weight is 283 g/mol. The fraction of sp³-hybridized carbons (Fsp3) is 0.167. The Balaban J connectivity index is 2.09. The van der Waals surface area contributed by atoms with Crippen LogP contribution in [0.4, 0.5) is 10.1 Å². The van der Waals surface area contributed by atoms with Crippen molar-refractivity contribution in [3.8, 4) is 0 Å². The van der Waals surface area contributed by atoms with Gasteiger partial charge >= 0.3 is 0 Å². The summed E-state index contributed by atoms with van der Waals surface area (Å²) in [4.78, 5) is 12.0. The number of hydrogen-bond acceptors (Lipinski definition) is 2. The van der Waals surface area contributed by atoms with E-state index in [0.717, 1.165) is 11.1 Å². The number of carbonyl (C=O) groups excluding carboxylic acids is 1. The van der Waals surface area contributed by atoms with Gasteiger partial charge in [0.2, 0.25) is 0 Å². The van der Waals surface area contributed by atoms with Crippen molar-refractivity contribution in [2.75, 3.05) is 5.32 Å². The first-order valence-corrected chi connectivity index (χ1v) is 6.79. The molecular weight excluding hydrogens is 265 g/mol. The van der Waals surface area contributed by atoms with E-state index in [0.29, 0.717) is 16.8 Å². The Bertz CT molecular complexity index is 704. The molecule has 0 radical (unpaired) electrons. The second-order valence-electron chi connectivity index (χ2n) is 5.05. The number of carbonyl (C=O) groups is 1. The summed E-state index contributed by atoms with van der Waals surface area (Å²) in [6, 6.07) is 10.4. The molecule has 0 unspecified atom stereocenters. The zero-order valence-electron chi connectivity index (χ0n) is 12.4. The summed E-state index contributed by atoms with van der Waals surface area (Å²) in [5, 5.41) is 2.94. The molecule has 0 saturated heterocycles. The highest BCUT2D eigenvalue weighted by Gasteiger charge is 2.04.